The Kier molecular flexibility index (Phi) is 4.75. The predicted octanol–water partition coefficient (Wildman–Crippen LogP) is 5.26. The van der Waals surface area contributed by atoms with Gasteiger partial charge in [-0.25, -0.2) is 0 Å². The van der Waals surface area contributed by atoms with Gasteiger partial charge in [0.25, 0.3) is 0 Å². The first-order valence-electron chi connectivity index (χ1n) is 8.98. The molecule has 4 rings (SSSR count). The molecule has 1 aliphatic heterocycles. The van der Waals surface area contributed by atoms with Crippen molar-refractivity contribution in [3.63, 3.8) is 0 Å². The van der Waals surface area contributed by atoms with Crippen LogP contribution >= 0.6 is 0 Å². The molecule has 0 saturated heterocycles. The Bertz CT molecular complexity index is 947. The normalized spacial score (nSPS) is 18.9. The van der Waals surface area contributed by atoms with Crippen molar-refractivity contribution in [1.82, 2.24) is 0 Å². The second kappa shape index (κ2) is 7.50. The molecular formula is C24H20O3. The fourth-order valence-corrected chi connectivity index (χ4v) is 3.44. The topological polar surface area (TPSA) is 35.5 Å². The summed E-state index contributed by atoms with van der Waals surface area (Å²) < 4.78 is 12.2. The molecule has 2 unspecified atom stereocenters. The van der Waals surface area contributed by atoms with E-state index in [2.05, 4.69) is 0 Å². The van der Waals surface area contributed by atoms with Crippen molar-refractivity contribution in [3.05, 3.63) is 108 Å². The molecule has 1 aliphatic rings. The van der Waals surface area contributed by atoms with Gasteiger partial charge < -0.3 is 9.47 Å². The first-order chi connectivity index (χ1) is 13.2. The second-order valence-corrected chi connectivity index (χ2v) is 6.45. The lowest BCUT2D eigenvalue weighted by atomic mass is 9.93. The highest BCUT2D eigenvalue weighted by Crippen LogP contribution is 2.46. The number of carbonyl (C=O) groups is 1. The van der Waals surface area contributed by atoms with Gasteiger partial charge >= 0.3 is 5.97 Å². The fourth-order valence-electron chi connectivity index (χ4n) is 3.44. The van der Waals surface area contributed by atoms with Crippen molar-refractivity contribution in [2.45, 2.75) is 19.1 Å². The lowest BCUT2D eigenvalue weighted by Gasteiger charge is -2.21. The average molecular weight is 356 g/mol. The summed E-state index contributed by atoms with van der Waals surface area (Å²) in [4.78, 5) is 11.9. The van der Waals surface area contributed by atoms with Gasteiger partial charge in [-0.2, -0.15) is 0 Å². The van der Waals surface area contributed by atoms with Crippen LogP contribution in [0.3, 0.4) is 0 Å². The molecule has 0 fully saturated rings. The van der Waals surface area contributed by atoms with E-state index in [1.54, 1.807) is 0 Å². The zero-order valence-corrected chi connectivity index (χ0v) is 15.0. The van der Waals surface area contributed by atoms with Crippen LogP contribution in [0.1, 0.15) is 29.7 Å². The fraction of sp³-hybridized carbons (Fsp3) is 0.125. The van der Waals surface area contributed by atoms with Crippen LogP contribution in [-0.2, 0) is 14.3 Å². The van der Waals surface area contributed by atoms with E-state index in [4.69, 9.17) is 9.47 Å². The van der Waals surface area contributed by atoms with E-state index >= 15 is 0 Å². The summed E-state index contributed by atoms with van der Waals surface area (Å²) >= 11 is 0. The summed E-state index contributed by atoms with van der Waals surface area (Å²) in [5, 5.41) is 0. The summed E-state index contributed by atoms with van der Waals surface area (Å²) in [6.07, 6.45) is -0.900. The van der Waals surface area contributed by atoms with Gasteiger partial charge in [0.2, 0.25) is 0 Å². The van der Waals surface area contributed by atoms with Crippen molar-refractivity contribution in [3.8, 4) is 0 Å². The number of esters is 1. The third kappa shape index (κ3) is 3.49. The minimum Gasteiger partial charge on any atom is -0.480 e. The van der Waals surface area contributed by atoms with E-state index < -0.39 is 6.10 Å². The van der Waals surface area contributed by atoms with Crippen LogP contribution in [0.4, 0.5) is 0 Å². The highest BCUT2D eigenvalue weighted by molar-refractivity contribution is 5.93. The van der Waals surface area contributed by atoms with Crippen molar-refractivity contribution in [2.24, 2.45) is 0 Å². The Balaban J connectivity index is 1.88. The van der Waals surface area contributed by atoms with Crippen LogP contribution in [0.25, 0.3) is 11.3 Å². The number of carbonyl (C=O) groups excluding carboxylic acids is 1. The van der Waals surface area contributed by atoms with Crippen molar-refractivity contribution < 1.29 is 14.3 Å². The zero-order chi connectivity index (χ0) is 18.6. The quantitative estimate of drug-likeness (QED) is 0.598. The summed E-state index contributed by atoms with van der Waals surface area (Å²) in [5.41, 5.74) is 3.82. The molecule has 134 valence electrons. The lowest BCUT2D eigenvalue weighted by Crippen LogP contribution is -2.23. The summed E-state index contributed by atoms with van der Waals surface area (Å²) in [5.74, 6) is 0.425. The van der Waals surface area contributed by atoms with E-state index in [1.807, 2.05) is 91.0 Å². The molecule has 3 aromatic rings. The molecule has 0 saturated carbocycles. The maximum absolute atomic E-state index is 11.9. The molecule has 0 spiro atoms. The third-order valence-electron chi connectivity index (χ3n) is 4.59. The lowest BCUT2D eigenvalue weighted by molar-refractivity contribution is -0.147. The smallest absolute Gasteiger partial charge is 0.303 e. The van der Waals surface area contributed by atoms with Crippen molar-refractivity contribution in [1.29, 1.82) is 0 Å². The van der Waals surface area contributed by atoms with E-state index in [0.29, 0.717) is 0 Å². The molecule has 0 aromatic heterocycles. The number of hydrogen-bond donors (Lipinski definition) is 0. The van der Waals surface area contributed by atoms with E-state index in [-0.39, 0.29) is 12.1 Å². The Labute approximate surface area is 158 Å². The Morgan fingerprint density at radius 1 is 0.778 bits per heavy atom. The van der Waals surface area contributed by atoms with Gasteiger partial charge in [0, 0.05) is 18.1 Å². The molecule has 3 nitrogen and oxygen atoms in total. The largest absolute Gasteiger partial charge is 0.480 e. The average Bonchev–Trinajstić information content (AvgIpc) is 3.08. The second-order valence-electron chi connectivity index (χ2n) is 6.45. The van der Waals surface area contributed by atoms with Gasteiger partial charge in [-0.15, -0.1) is 0 Å². The van der Waals surface area contributed by atoms with Crippen molar-refractivity contribution >= 4 is 17.3 Å². The summed E-state index contributed by atoms with van der Waals surface area (Å²) in [6, 6.07) is 29.8. The van der Waals surface area contributed by atoms with Crippen LogP contribution in [0.2, 0.25) is 0 Å². The van der Waals surface area contributed by atoms with E-state index in [1.165, 1.54) is 6.92 Å². The van der Waals surface area contributed by atoms with Gasteiger partial charge in [0.1, 0.15) is 5.76 Å². The first kappa shape index (κ1) is 17.1. The zero-order valence-electron chi connectivity index (χ0n) is 15.0. The SMILES string of the molecule is CC(=O)OC1C(c2ccccc2)=C(c2ccccc2)OC1c1ccccc1. The molecular weight excluding hydrogens is 336 g/mol. The van der Waals surface area contributed by atoms with Crippen LogP contribution in [-0.4, -0.2) is 12.1 Å². The van der Waals surface area contributed by atoms with Gasteiger partial charge in [0.15, 0.2) is 12.2 Å². The standard InChI is InChI=1S/C24H20O3/c1-17(25)26-24-21(18-11-5-2-6-12-18)22(19-13-7-3-8-14-19)27-23(24)20-15-9-4-10-16-20/h2-16,23-24H,1H3. The minimum atomic E-state index is -0.512. The van der Waals surface area contributed by atoms with Gasteiger partial charge in [-0.3, -0.25) is 4.79 Å². The third-order valence-corrected chi connectivity index (χ3v) is 4.59. The number of benzene rings is 3. The molecule has 3 heteroatoms. The number of ether oxygens (including phenoxy) is 2. The van der Waals surface area contributed by atoms with Crippen LogP contribution in [0.5, 0.6) is 0 Å². The van der Waals surface area contributed by atoms with E-state index in [0.717, 1.165) is 28.0 Å². The summed E-state index contributed by atoms with van der Waals surface area (Å²) in [6.45, 7) is 1.44. The Morgan fingerprint density at radius 3 is 1.85 bits per heavy atom. The van der Waals surface area contributed by atoms with Gasteiger partial charge in [-0.1, -0.05) is 91.0 Å². The van der Waals surface area contributed by atoms with Gasteiger partial charge in [0.05, 0.1) is 0 Å². The Hall–Kier alpha value is -3.33. The molecule has 2 atom stereocenters. The highest BCUT2D eigenvalue weighted by atomic mass is 16.6. The molecule has 1 heterocycles. The number of hydrogen-bond acceptors (Lipinski definition) is 3. The first-order valence-corrected chi connectivity index (χ1v) is 8.98. The van der Waals surface area contributed by atoms with Crippen molar-refractivity contribution in [2.75, 3.05) is 0 Å². The number of rotatable bonds is 4. The predicted molar refractivity (Wildman–Crippen MR) is 106 cm³/mol. The maximum Gasteiger partial charge on any atom is 0.303 e. The molecule has 0 radical (unpaired) electrons. The van der Waals surface area contributed by atoms with Gasteiger partial charge in [-0.05, 0) is 11.1 Å². The van der Waals surface area contributed by atoms with Crippen LogP contribution < -0.4 is 0 Å². The summed E-state index contributed by atoms with van der Waals surface area (Å²) in [7, 11) is 0. The Morgan fingerprint density at radius 2 is 1.30 bits per heavy atom. The minimum absolute atomic E-state index is 0.327. The van der Waals surface area contributed by atoms with Crippen LogP contribution in [0.15, 0.2) is 91.0 Å². The molecule has 0 aliphatic carbocycles. The molecule has 3 aromatic carbocycles. The maximum atomic E-state index is 11.9. The van der Waals surface area contributed by atoms with E-state index in [9.17, 15) is 4.79 Å². The monoisotopic (exact) mass is 356 g/mol. The highest BCUT2D eigenvalue weighted by Gasteiger charge is 2.41. The molecule has 0 amide bonds. The van der Waals surface area contributed by atoms with Crippen LogP contribution in [0, 0.1) is 0 Å². The molecule has 0 N–H and O–H groups in total. The molecule has 0 bridgehead atoms. The molecule has 27 heavy (non-hydrogen) atoms.